The Bertz CT molecular complexity index is 1260. The van der Waals surface area contributed by atoms with E-state index >= 15 is 0 Å². The fourth-order valence-electron chi connectivity index (χ4n) is 5.96. The molecule has 2 amide bonds. The minimum atomic E-state index is -0.565. The Morgan fingerprint density at radius 1 is 0.973 bits per heavy atom. The van der Waals surface area contributed by atoms with Gasteiger partial charge in [0.25, 0.3) is 5.91 Å². The molecule has 3 N–H and O–H groups in total. The summed E-state index contributed by atoms with van der Waals surface area (Å²) in [5.74, 6) is 1.42. The monoisotopic (exact) mass is 500 g/mol. The van der Waals surface area contributed by atoms with E-state index in [1.54, 1.807) is 12.3 Å². The lowest BCUT2D eigenvalue weighted by Gasteiger charge is -2.28. The lowest BCUT2D eigenvalue weighted by molar-refractivity contribution is -0.119. The second-order valence-corrected chi connectivity index (χ2v) is 11.3. The van der Waals surface area contributed by atoms with Crippen molar-refractivity contribution in [3.8, 4) is 11.1 Å². The zero-order chi connectivity index (χ0) is 25.7. The van der Waals surface area contributed by atoms with E-state index in [2.05, 4.69) is 32.9 Å². The molecule has 8 nitrogen and oxygen atoms in total. The molecule has 194 valence electrons. The van der Waals surface area contributed by atoms with Crippen LogP contribution in [0.15, 0.2) is 36.5 Å². The molecule has 2 atom stereocenters. The van der Waals surface area contributed by atoms with E-state index in [0.717, 1.165) is 53.9 Å². The lowest BCUT2D eigenvalue weighted by atomic mass is 9.88. The zero-order valence-electron chi connectivity index (χ0n) is 21.8. The van der Waals surface area contributed by atoms with Crippen LogP contribution in [0.5, 0.6) is 0 Å². The molecule has 2 heterocycles. The molecular weight excluding hydrogens is 464 g/mol. The van der Waals surface area contributed by atoms with Crippen molar-refractivity contribution in [3.63, 3.8) is 0 Å². The molecule has 0 aliphatic heterocycles. The first-order valence-corrected chi connectivity index (χ1v) is 13.7. The summed E-state index contributed by atoms with van der Waals surface area (Å²) in [5, 5.41) is 18.0. The van der Waals surface area contributed by atoms with Gasteiger partial charge in [0.2, 0.25) is 5.91 Å². The average Bonchev–Trinajstić information content (AvgIpc) is 3.76. The van der Waals surface area contributed by atoms with E-state index in [-0.39, 0.29) is 23.8 Å². The van der Waals surface area contributed by atoms with Gasteiger partial charge in [0.1, 0.15) is 11.7 Å². The van der Waals surface area contributed by atoms with Gasteiger partial charge < -0.3 is 10.6 Å². The van der Waals surface area contributed by atoms with Crippen LogP contribution >= 0.6 is 0 Å². The Morgan fingerprint density at radius 2 is 1.62 bits per heavy atom. The second kappa shape index (κ2) is 9.47. The van der Waals surface area contributed by atoms with Crippen LogP contribution in [0.25, 0.3) is 11.1 Å². The third-order valence-corrected chi connectivity index (χ3v) is 8.45. The lowest BCUT2D eigenvalue weighted by Crippen LogP contribution is -2.50. The predicted octanol–water partition coefficient (Wildman–Crippen LogP) is 5.03. The molecule has 37 heavy (non-hydrogen) atoms. The summed E-state index contributed by atoms with van der Waals surface area (Å²) in [5.41, 5.74) is 5.37. The highest BCUT2D eigenvalue weighted by Gasteiger charge is 2.48. The normalized spacial score (nSPS) is 19.0. The first kappa shape index (κ1) is 23.9. The van der Waals surface area contributed by atoms with Crippen molar-refractivity contribution in [2.45, 2.75) is 71.4 Å². The SMILES string of the molecule is Cc1n[nH]c(C)c1-c1ccc(NC(=O)C(NC(=O)c2ccnn2C(C)C2CC2)C(C2CC2)C2CC2)cc1. The van der Waals surface area contributed by atoms with E-state index in [9.17, 15) is 9.59 Å². The minimum absolute atomic E-state index is 0.137. The average molecular weight is 501 g/mol. The molecule has 2 unspecified atom stereocenters. The highest BCUT2D eigenvalue weighted by atomic mass is 16.2. The van der Waals surface area contributed by atoms with Crippen molar-refractivity contribution in [1.29, 1.82) is 0 Å². The zero-order valence-corrected chi connectivity index (χ0v) is 21.8. The van der Waals surface area contributed by atoms with Crippen LogP contribution < -0.4 is 10.6 Å². The van der Waals surface area contributed by atoms with Gasteiger partial charge in [0.05, 0.1) is 11.7 Å². The van der Waals surface area contributed by atoms with Crippen molar-refractivity contribution < 1.29 is 9.59 Å². The maximum atomic E-state index is 13.7. The van der Waals surface area contributed by atoms with Crippen LogP contribution in [0, 0.1) is 37.5 Å². The second-order valence-electron chi connectivity index (χ2n) is 11.3. The first-order valence-electron chi connectivity index (χ1n) is 13.7. The quantitative estimate of drug-likeness (QED) is 0.363. The number of aromatic amines is 1. The van der Waals surface area contributed by atoms with Crippen LogP contribution in [-0.2, 0) is 4.79 Å². The number of nitrogens with one attached hydrogen (secondary N) is 3. The molecule has 3 aliphatic carbocycles. The molecule has 3 aliphatic rings. The Balaban J connectivity index is 1.22. The number of hydrogen-bond donors (Lipinski definition) is 3. The molecule has 3 fully saturated rings. The third kappa shape index (κ3) is 4.93. The Kier molecular flexibility index (Phi) is 6.13. The van der Waals surface area contributed by atoms with E-state index < -0.39 is 6.04 Å². The molecule has 1 aromatic carbocycles. The number of carbonyl (C=O) groups is 2. The summed E-state index contributed by atoms with van der Waals surface area (Å²) in [6, 6.07) is 9.25. The summed E-state index contributed by atoms with van der Waals surface area (Å²) in [7, 11) is 0. The van der Waals surface area contributed by atoms with Crippen molar-refractivity contribution in [1.82, 2.24) is 25.3 Å². The van der Waals surface area contributed by atoms with Crippen LogP contribution in [0.3, 0.4) is 0 Å². The third-order valence-electron chi connectivity index (χ3n) is 8.45. The molecule has 8 heteroatoms. The number of H-pyrrole nitrogens is 1. The molecule has 0 spiro atoms. The number of nitrogens with zero attached hydrogens (tertiary/aromatic N) is 3. The molecule has 0 saturated heterocycles. The molecule has 6 rings (SSSR count). The van der Waals surface area contributed by atoms with Gasteiger partial charge in [-0.2, -0.15) is 10.2 Å². The molecule has 0 radical (unpaired) electrons. The van der Waals surface area contributed by atoms with Gasteiger partial charge in [0.15, 0.2) is 0 Å². The number of amides is 2. The fourth-order valence-corrected chi connectivity index (χ4v) is 5.96. The topological polar surface area (TPSA) is 105 Å². The Hall–Kier alpha value is -3.42. The summed E-state index contributed by atoms with van der Waals surface area (Å²) < 4.78 is 1.84. The number of aryl methyl sites for hydroxylation is 2. The van der Waals surface area contributed by atoms with Gasteiger partial charge in [-0.05, 0) is 107 Å². The van der Waals surface area contributed by atoms with Crippen molar-refractivity contribution in [3.05, 3.63) is 53.6 Å². The van der Waals surface area contributed by atoms with E-state index in [1.807, 2.05) is 42.8 Å². The summed E-state index contributed by atoms with van der Waals surface area (Å²) in [6.07, 6.45) is 8.58. The number of aromatic nitrogens is 4. The molecule has 0 bridgehead atoms. The standard InChI is InChI=1S/C29H36N6O2/c1-16-25(17(2)34-33-16)20-10-12-23(13-11-20)31-29(37)27(26(21-6-7-21)22-8-9-22)32-28(36)24-14-15-30-35(24)18(3)19-4-5-19/h10-15,18-19,21-22,26-27H,4-9H2,1-3H3,(H,31,37)(H,32,36)(H,33,34). The van der Waals surface area contributed by atoms with Gasteiger partial charge in [-0.15, -0.1) is 0 Å². The van der Waals surface area contributed by atoms with Crippen LogP contribution in [0.2, 0.25) is 0 Å². The van der Waals surface area contributed by atoms with Gasteiger partial charge >= 0.3 is 0 Å². The molecule has 3 aromatic rings. The number of carbonyl (C=O) groups excluding carboxylic acids is 2. The number of hydrogen-bond acceptors (Lipinski definition) is 4. The van der Waals surface area contributed by atoms with Gasteiger partial charge in [-0.1, -0.05) is 12.1 Å². The van der Waals surface area contributed by atoms with Crippen LogP contribution in [-0.4, -0.2) is 37.8 Å². The maximum absolute atomic E-state index is 13.7. The summed E-state index contributed by atoms with van der Waals surface area (Å²) in [4.78, 5) is 27.2. The van der Waals surface area contributed by atoms with E-state index in [4.69, 9.17) is 0 Å². The first-order chi connectivity index (χ1) is 17.9. The Labute approximate surface area is 217 Å². The van der Waals surface area contributed by atoms with Crippen molar-refractivity contribution >= 4 is 17.5 Å². The van der Waals surface area contributed by atoms with Gasteiger partial charge in [-0.3, -0.25) is 19.4 Å². The predicted molar refractivity (Wildman–Crippen MR) is 142 cm³/mol. The highest BCUT2D eigenvalue weighted by Crippen LogP contribution is 2.51. The fraction of sp³-hybridized carbons (Fsp3) is 0.517. The summed E-state index contributed by atoms with van der Waals surface area (Å²) >= 11 is 0. The maximum Gasteiger partial charge on any atom is 0.270 e. The molecule has 2 aromatic heterocycles. The highest BCUT2D eigenvalue weighted by molar-refractivity contribution is 6.01. The van der Waals surface area contributed by atoms with E-state index in [1.165, 1.54) is 12.8 Å². The number of benzene rings is 1. The van der Waals surface area contributed by atoms with Crippen molar-refractivity contribution in [2.24, 2.45) is 23.7 Å². The van der Waals surface area contributed by atoms with E-state index in [0.29, 0.717) is 23.4 Å². The number of rotatable bonds is 10. The molecular formula is C29H36N6O2. The van der Waals surface area contributed by atoms with Gasteiger partial charge in [-0.25, -0.2) is 0 Å². The smallest absolute Gasteiger partial charge is 0.270 e. The van der Waals surface area contributed by atoms with Crippen molar-refractivity contribution in [2.75, 3.05) is 5.32 Å². The molecule has 3 saturated carbocycles. The largest absolute Gasteiger partial charge is 0.339 e. The number of anilines is 1. The van der Waals surface area contributed by atoms with Crippen LogP contribution in [0.4, 0.5) is 5.69 Å². The van der Waals surface area contributed by atoms with Gasteiger partial charge in [0, 0.05) is 23.1 Å². The summed E-state index contributed by atoms with van der Waals surface area (Å²) in [6.45, 7) is 6.11. The Morgan fingerprint density at radius 3 is 2.19 bits per heavy atom. The van der Waals surface area contributed by atoms with Crippen LogP contribution in [0.1, 0.15) is 73.4 Å². The minimum Gasteiger partial charge on any atom is -0.339 e.